The molecule has 0 aromatic carbocycles. The van der Waals surface area contributed by atoms with Gasteiger partial charge in [0, 0.05) is 29.4 Å². The van der Waals surface area contributed by atoms with Crippen LogP contribution in [0.5, 0.6) is 0 Å². The normalized spacial score (nSPS) is 15.8. The Balaban J connectivity index is 0.000000810. The van der Waals surface area contributed by atoms with Crippen molar-refractivity contribution in [3.05, 3.63) is 36.3 Å². The molecule has 1 N–H and O–H groups in total. The summed E-state index contributed by atoms with van der Waals surface area (Å²) in [5.74, 6) is 0.604. The van der Waals surface area contributed by atoms with Crippen molar-refractivity contribution in [2.45, 2.75) is 18.8 Å². The van der Waals surface area contributed by atoms with Gasteiger partial charge in [0.05, 0.1) is 5.52 Å². The number of rotatable bonds is 1. The molecule has 0 atom stereocenters. The fourth-order valence-electron chi connectivity index (χ4n) is 2.32. The van der Waals surface area contributed by atoms with Gasteiger partial charge in [0.1, 0.15) is 0 Å². The monoisotopic (exact) mass is 285 g/mol. The van der Waals surface area contributed by atoms with E-state index in [9.17, 15) is 0 Å². The van der Waals surface area contributed by atoms with Crippen LogP contribution in [0.15, 0.2) is 30.6 Å². The van der Waals surface area contributed by atoms with Crippen LogP contribution in [0.1, 0.15) is 24.5 Å². The Kier molecular flexibility index (Phi) is 5.79. The lowest BCUT2D eigenvalue weighted by atomic mass is 9.94. The van der Waals surface area contributed by atoms with Gasteiger partial charge in [-0.3, -0.25) is 9.97 Å². The first-order valence-corrected chi connectivity index (χ1v) is 5.85. The number of nitrogens with zero attached hydrogens (tertiary/aromatic N) is 2. The number of nitrogens with one attached hydrogen (secondary N) is 1. The third-order valence-corrected chi connectivity index (χ3v) is 3.27. The van der Waals surface area contributed by atoms with Crippen molar-refractivity contribution >= 4 is 35.7 Å². The number of halogens is 2. The summed E-state index contributed by atoms with van der Waals surface area (Å²) >= 11 is 0. The maximum Gasteiger partial charge on any atom is 0.0735 e. The van der Waals surface area contributed by atoms with Gasteiger partial charge >= 0.3 is 0 Å². The summed E-state index contributed by atoms with van der Waals surface area (Å²) in [5.41, 5.74) is 2.26. The zero-order chi connectivity index (χ0) is 10.8. The van der Waals surface area contributed by atoms with Gasteiger partial charge in [-0.2, -0.15) is 0 Å². The van der Waals surface area contributed by atoms with Crippen molar-refractivity contribution in [1.82, 2.24) is 15.3 Å². The third-order valence-electron chi connectivity index (χ3n) is 3.27. The van der Waals surface area contributed by atoms with Crippen LogP contribution in [0.4, 0.5) is 0 Å². The van der Waals surface area contributed by atoms with Crippen molar-refractivity contribution in [2.75, 3.05) is 13.1 Å². The molecular weight excluding hydrogens is 269 g/mol. The largest absolute Gasteiger partial charge is 0.317 e. The van der Waals surface area contributed by atoms with Gasteiger partial charge in [0.2, 0.25) is 0 Å². The number of hydrogen-bond donors (Lipinski definition) is 1. The van der Waals surface area contributed by atoms with E-state index in [1.807, 2.05) is 18.5 Å². The van der Waals surface area contributed by atoms with Gasteiger partial charge in [0.25, 0.3) is 0 Å². The average molecular weight is 286 g/mol. The Labute approximate surface area is 119 Å². The molecule has 0 aliphatic carbocycles. The van der Waals surface area contributed by atoms with Crippen molar-refractivity contribution in [3.63, 3.8) is 0 Å². The number of fused-ring (bicyclic) bond motifs is 1. The van der Waals surface area contributed by atoms with Crippen LogP contribution in [-0.4, -0.2) is 23.1 Å². The fraction of sp³-hybridized carbons (Fsp3) is 0.385. The summed E-state index contributed by atoms with van der Waals surface area (Å²) in [5, 5.41) is 4.50. The lowest BCUT2D eigenvalue weighted by molar-refractivity contribution is 0.453. The molecule has 1 aliphatic rings. The highest BCUT2D eigenvalue weighted by Gasteiger charge is 2.16. The molecule has 2 aromatic rings. The van der Waals surface area contributed by atoms with E-state index in [-0.39, 0.29) is 24.8 Å². The first-order chi connectivity index (χ1) is 7.93. The summed E-state index contributed by atoms with van der Waals surface area (Å²) in [6, 6.07) is 6.15. The molecule has 3 rings (SSSR count). The summed E-state index contributed by atoms with van der Waals surface area (Å²) in [6.45, 7) is 2.21. The average Bonchev–Trinajstić information content (AvgIpc) is 2.39. The van der Waals surface area contributed by atoms with Crippen LogP contribution in [-0.2, 0) is 0 Å². The van der Waals surface area contributed by atoms with E-state index in [2.05, 4.69) is 27.4 Å². The second kappa shape index (κ2) is 6.88. The molecule has 0 radical (unpaired) electrons. The van der Waals surface area contributed by atoms with Gasteiger partial charge < -0.3 is 5.32 Å². The van der Waals surface area contributed by atoms with Crippen LogP contribution in [0.3, 0.4) is 0 Å². The topological polar surface area (TPSA) is 37.8 Å². The molecule has 1 fully saturated rings. The van der Waals surface area contributed by atoms with E-state index >= 15 is 0 Å². The molecule has 98 valence electrons. The van der Waals surface area contributed by atoms with Crippen LogP contribution in [0, 0.1) is 0 Å². The van der Waals surface area contributed by atoms with Crippen molar-refractivity contribution in [2.24, 2.45) is 0 Å². The van der Waals surface area contributed by atoms with Crippen LogP contribution in [0.25, 0.3) is 10.9 Å². The van der Waals surface area contributed by atoms with Gasteiger partial charge in [0.15, 0.2) is 0 Å². The van der Waals surface area contributed by atoms with Gasteiger partial charge in [-0.1, -0.05) is 0 Å². The minimum absolute atomic E-state index is 0. The van der Waals surface area contributed by atoms with Crippen molar-refractivity contribution in [1.29, 1.82) is 0 Å². The second-order valence-electron chi connectivity index (χ2n) is 4.33. The number of piperidine rings is 1. The summed E-state index contributed by atoms with van der Waals surface area (Å²) in [6.07, 6.45) is 6.16. The van der Waals surface area contributed by atoms with Crippen molar-refractivity contribution in [3.8, 4) is 0 Å². The third kappa shape index (κ3) is 3.10. The van der Waals surface area contributed by atoms with E-state index in [4.69, 9.17) is 0 Å². The molecule has 3 nitrogen and oxygen atoms in total. The second-order valence-corrected chi connectivity index (χ2v) is 4.33. The molecular formula is C13H17Cl2N3. The van der Waals surface area contributed by atoms with E-state index in [1.165, 1.54) is 18.5 Å². The highest BCUT2D eigenvalue weighted by Crippen LogP contribution is 2.25. The maximum atomic E-state index is 4.56. The predicted octanol–water partition coefficient (Wildman–Crippen LogP) is 2.94. The van der Waals surface area contributed by atoms with E-state index in [0.717, 1.165) is 24.0 Å². The Morgan fingerprint density at radius 3 is 2.67 bits per heavy atom. The highest BCUT2D eigenvalue weighted by atomic mass is 35.5. The zero-order valence-corrected chi connectivity index (χ0v) is 11.6. The number of hydrogen-bond acceptors (Lipinski definition) is 3. The van der Waals surface area contributed by atoms with Crippen LogP contribution >= 0.6 is 24.8 Å². The minimum atomic E-state index is 0. The van der Waals surface area contributed by atoms with Crippen molar-refractivity contribution < 1.29 is 0 Å². The number of pyridine rings is 2. The Hall–Kier alpha value is -0.900. The lowest BCUT2D eigenvalue weighted by Gasteiger charge is -2.22. The molecule has 2 aromatic heterocycles. The van der Waals surface area contributed by atoms with E-state index < -0.39 is 0 Å². The molecule has 3 heterocycles. The molecule has 18 heavy (non-hydrogen) atoms. The molecule has 0 spiro atoms. The minimum Gasteiger partial charge on any atom is -0.317 e. The molecule has 0 amide bonds. The fourth-order valence-corrected chi connectivity index (χ4v) is 2.32. The summed E-state index contributed by atoms with van der Waals surface area (Å²) in [4.78, 5) is 8.94. The molecule has 5 heteroatoms. The van der Waals surface area contributed by atoms with Crippen LogP contribution < -0.4 is 5.32 Å². The van der Waals surface area contributed by atoms with Gasteiger partial charge in [-0.15, -0.1) is 24.8 Å². The maximum absolute atomic E-state index is 4.56. The van der Waals surface area contributed by atoms with Gasteiger partial charge in [-0.05, 0) is 44.1 Å². The Morgan fingerprint density at radius 1 is 1.11 bits per heavy atom. The van der Waals surface area contributed by atoms with Crippen LogP contribution in [0.2, 0.25) is 0 Å². The first-order valence-electron chi connectivity index (χ1n) is 5.85. The molecule has 0 unspecified atom stereocenters. The van der Waals surface area contributed by atoms with E-state index in [0.29, 0.717) is 5.92 Å². The predicted molar refractivity (Wildman–Crippen MR) is 78.9 cm³/mol. The summed E-state index contributed by atoms with van der Waals surface area (Å²) < 4.78 is 0. The molecule has 1 aliphatic heterocycles. The Morgan fingerprint density at radius 2 is 1.89 bits per heavy atom. The lowest BCUT2D eigenvalue weighted by Crippen LogP contribution is -2.27. The highest BCUT2D eigenvalue weighted by molar-refractivity contribution is 5.85. The molecule has 0 saturated carbocycles. The molecule has 0 bridgehead atoms. The zero-order valence-electron chi connectivity index (χ0n) is 10.0. The van der Waals surface area contributed by atoms with Gasteiger partial charge in [-0.25, -0.2) is 0 Å². The Bertz CT molecular complexity index is 498. The molecule has 1 saturated heterocycles. The standard InChI is InChI=1S/C13H15N3.2ClH/c1-2-11-9-16-12(8-13(11)15-5-1)10-3-6-14-7-4-10;;/h1-2,5,8-10,14H,3-4,6-7H2;2*1H. The first kappa shape index (κ1) is 15.2. The smallest absolute Gasteiger partial charge is 0.0735 e. The quantitative estimate of drug-likeness (QED) is 0.876. The summed E-state index contributed by atoms with van der Waals surface area (Å²) in [7, 11) is 0. The van der Waals surface area contributed by atoms with E-state index in [1.54, 1.807) is 0 Å². The SMILES string of the molecule is Cl.Cl.c1cnc2cc(C3CCNCC3)ncc2c1. The number of aromatic nitrogens is 2.